The molecule has 0 spiro atoms. The van der Waals surface area contributed by atoms with Crippen LogP contribution in [0.1, 0.15) is 6.92 Å². The van der Waals surface area contributed by atoms with E-state index in [0.29, 0.717) is 31.2 Å². The first kappa shape index (κ1) is 15.6. The van der Waals surface area contributed by atoms with Crippen molar-refractivity contribution in [3.8, 4) is 11.5 Å². The van der Waals surface area contributed by atoms with Crippen LogP contribution in [0.2, 0.25) is 0 Å². The molecule has 1 aromatic rings. The van der Waals surface area contributed by atoms with Crippen molar-refractivity contribution in [2.75, 3.05) is 33.4 Å². The van der Waals surface area contributed by atoms with Gasteiger partial charge in [0.2, 0.25) is 0 Å². The van der Waals surface area contributed by atoms with E-state index in [4.69, 9.17) is 14.2 Å². The second kappa shape index (κ2) is 7.85. The maximum absolute atomic E-state index is 11.9. The fourth-order valence-electron chi connectivity index (χ4n) is 2.07. The largest absolute Gasteiger partial charge is 0.493 e. The molecule has 1 heterocycles. The number of morpholine rings is 1. The standard InChI is InChI=1S/C15H22N2O4/c1-11(21-13-6-4-3-5-12(13)19-2)9-17-15(18)14-10-16-7-8-20-14/h3-6,11,14,16H,7-10H2,1-2H3,(H,17,18). The molecule has 2 N–H and O–H groups in total. The van der Waals surface area contributed by atoms with E-state index in [1.54, 1.807) is 7.11 Å². The minimum Gasteiger partial charge on any atom is -0.493 e. The molecule has 2 unspecified atom stereocenters. The maximum Gasteiger partial charge on any atom is 0.250 e. The lowest BCUT2D eigenvalue weighted by Gasteiger charge is -2.24. The number of hydrogen-bond donors (Lipinski definition) is 2. The average molecular weight is 294 g/mol. The zero-order chi connectivity index (χ0) is 15.1. The Morgan fingerprint density at radius 2 is 2.24 bits per heavy atom. The summed E-state index contributed by atoms with van der Waals surface area (Å²) >= 11 is 0. The van der Waals surface area contributed by atoms with Crippen LogP contribution < -0.4 is 20.1 Å². The summed E-state index contributed by atoms with van der Waals surface area (Å²) in [5, 5.41) is 5.96. The molecular weight excluding hydrogens is 272 g/mol. The van der Waals surface area contributed by atoms with Gasteiger partial charge < -0.3 is 24.8 Å². The molecule has 6 nitrogen and oxygen atoms in total. The molecule has 1 amide bonds. The Labute approximate surface area is 124 Å². The number of para-hydroxylation sites is 2. The van der Waals surface area contributed by atoms with Crippen LogP contribution in [0.25, 0.3) is 0 Å². The van der Waals surface area contributed by atoms with E-state index in [2.05, 4.69) is 10.6 Å². The number of carbonyl (C=O) groups excluding carboxylic acids is 1. The highest BCUT2D eigenvalue weighted by Gasteiger charge is 2.22. The molecule has 0 aliphatic carbocycles. The summed E-state index contributed by atoms with van der Waals surface area (Å²) in [5.41, 5.74) is 0. The molecule has 21 heavy (non-hydrogen) atoms. The van der Waals surface area contributed by atoms with Crippen molar-refractivity contribution < 1.29 is 19.0 Å². The molecule has 1 aliphatic rings. The predicted molar refractivity (Wildman–Crippen MR) is 78.7 cm³/mol. The number of nitrogens with one attached hydrogen (secondary N) is 2. The first-order valence-electron chi connectivity index (χ1n) is 7.10. The van der Waals surface area contributed by atoms with Crippen molar-refractivity contribution in [2.24, 2.45) is 0 Å². The molecule has 1 saturated heterocycles. The lowest BCUT2D eigenvalue weighted by Crippen LogP contribution is -2.49. The molecule has 2 atom stereocenters. The van der Waals surface area contributed by atoms with Crippen molar-refractivity contribution in [2.45, 2.75) is 19.1 Å². The smallest absolute Gasteiger partial charge is 0.250 e. The molecule has 0 radical (unpaired) electrons. The first-order valence-corrected chi connectivity index (χ1v) is 7.10. The van der Waals surface area contributed by atoms with Crippen molar-refractivity contribution in [1.82, 2.24) is 10.6 Å². The molecule has 1 aromatic carbocycles. The summed E-state index contributed by atoms with van der Waals surface area (Å²) in [6, 6.07) is 7.43. The van der Waals surface area contributed by atoms with Crippen LogP contribution >= 0.6 is 0 Å². The SMILES string of the molecule is COc1ccccc1OC(C)CNC(=O)C1CNCCO1. The third kappa shape index (κ3) is 4.61. The van der Waals surface area contributed by atoms with Crippen LogP contribution in [0.3, 0.4) is 0 Å². The van der Waals surface area contributed by atoms with E-state index in [1.807, 2.05) is 31.2 Å². The van der Waals surface area contributed by atoms with Gasteiger partial charge in [-0.25, -0.2) is 0 Å². The highest BCUT2D eigenvalue weighted by atomic mass is 16.5. The Morgan fingerprint density at radius 3 is 2.90 bits per heavy atom. The van der Waals surface area contributed by atoms with Crippen LogP contribution in [0.5, 0.6) is 11.5 Å². The minimum atomic E-state index is -0.419. The Morgan fingerprint density at radius 1 is 1.48 bits per heavy atom. The van der Waals surface area contributed by atoms with Crippen LogP contribution in [-0.4, -0.2) is 51.5 Å². The summed E-state index contributed by atoms with van der Waals surface area (Å²) in [6.45, 7) is 4.21. The Hall–Kier alpha value is -1.79. The minimum absolute atomic E-state index is 0.113. The third-order valence-corrected chi connectivity index (χ3v) is 3.18. The molecule has 0 saturated carbocycles. The summed E-state index contributed by atoms with van der Waals surface area (Å²) in [6.07, 6.45) is -0.584. The second-order valence-corrected chi connectivity index (χ2v) is 4.89. The van der Waals surface area contributed by atoms with E-state index >= 15 is 0 Å². The topological polar surface area (TPSA) is 68.8 Å². The Balaban J connectivity index is 1.78. The fraction of sp³-hybridized carbons (Fsp3) is 0.533. The van der Waals surface area contributed by atoms with Crippen LogP contribution in [-0.2, 0) is 9.53 Å². The molecule has 116 valence electrons. The zero-order valence-electron chi connectivity index (χ0n) is 12.4. The fourth-order valence-corrected chi connectivity index (χ4v) is 2.07. The van der Waals surface area contributed by atoms with Gasteiger partial charge in [0.1, 0.15) is 12.2 Å². The van der Waals surface area contributed by atoms with E-state index < -0.39 is 6.10 Å². The van der Waals surface area contributed by atoms with E-state index in [0.717, 1.165) is 6.54 Å². The molecular formula is C15H22N2O4. The summed E-state index contributed by atoms with van der Waals surface area (Å²) in [4.78, 5) is 11.9. The predicted octanol–water partition coefficient (Wildman–Crippen LogP) is 0.567. The number of amides is 1. The molecule has 0 bridgehead atoms. The monoisotopic (exact) mass is 294 g/mol. The van der Waals surface area contributed by atoms with Gasteiger partial charge in [0.05, 0.1) is 20.3 Å². The van der Waals surface area contributed by atoms with E-state index in [-0.39, 0.29) is 12.0 Å². The normalized spacial score (nSPS) is 19.6. The molecule has 2 rings (SSSR count). The van der Waals surface area contributed by atoms with E-state index in [9.17, 15) is 4.79 Å². The van der Waals surface area contributed by atoms with Crippen LogP contribution in [0.15, 0.2) is 24.3 Å². The summed E-state index contributed by atoms with van der Waals surface area (Å²) < 4.78 is 16.4. The third-order valence-electron chi connectivity index (χ3n) is 3.18. The molecule has 1 fully saturated rings. The summed E-state index contributed by atoms with van der Waals surface area (Å²) in [5.74, 6) is 1.23. The molecule has 0 aromatic heterocycles. The van der Waals surface area contributed by atoms with Crippen molar-refractivity contribution in [1.29, 1.82) is 0 Å². The van der Waals surface area contributed by atoms with E-state index in [1.165, 1.54) is 0 Å². The number of hydrogen-bond acceptors (Lipinski definition) is 5. The first-order chi connectivity index (χ1) is 10.2. The van der Waals surface area contributed by atoms with Gasteiger partial charge in [0.15, 0.2) is 11.5 Å². The number of benzene rings is 1. The van der Waals surface area contributed by atoms with Gasteiger partial charge in [-0.1, -0.05) is 12.1 Å². The van der Waals surface area contributed by atoms with Crippen LogP contribution in [0.4, 0.5) is 0 Å². The van der Waals surface area contributed by atoms with Gasteiger partial charge in [-0.3, -0.25) is 4.79 Å². The number of carbonyl (C=O) groups is 1. The lowest BCUT2D eigenvalue weighted by molar-refractivity contribution is -0.134. The Bertz CT molecular complexity index is 461. The number of methoxy groups -OCH3 is 1. The zero-order valence-corrected chi connectivity index (χ0v) is 12.4. The molecule has 1 aliphatic heterocycles. The highest BCUT2D eigenvalue weighted by Crippen LogP contribution is 2.26. The average Bonchev–Trinajstić information content (AvgIpc) is 2.54. The second-order valence-electron chi connectivity index (χ2n) is 4.89. The van der Waals surface area contributed by atoms with Gasteiger partial charge >= 0.3 is 0 Å². The number of rotatable bonds is 6. The van der Waals surface area contributed by atoms with Crippen LogP contribution in [0, 0.1) is 0 Å². The van der Waals surface area contributed by atoms with Gasteiger partial charge in [-0.15, -0.1) is 0 Å². The van der Waals surface area contributed by atoms with Gasteiger partial charge in [0.25, 0.3) is 5.91 Å². The highest BCUT2D eigenvalue weighted by molar-refractivity contribution is 5.81. The quantitative estimate of drug-likeness (QED) is 0.803. The van der Waals surface area contributed by atoms with Crippen molar-refractivity contribution in [3.05, 3.63) is 24.3 Å². The Kier molecular flexibility index (Phi) is 5.83. The lowest BCUT2D eigenvalue weighted by atomic mass is 10.2. The summed E-state index contributed by atoms with van der Waals surface area (Å²) in [7, 11) is 1.60. The maximum atomic E-state index is 11.9. The van der Waals surface area contributed by atoms with Gasteiger partial charge in [0, 0.05) is 13.1 Å². The number of ether oxygens (including phenoxy) is 3. The van der Waals surface area contributed by atoms with Gasteiger partial charge in [-0.05, 0) is 19.1 Å². The van der Waals surface area contributed by atoms with Crippen molar-refractivity contribution >= 4 is 5.91 Å². The van der Waals surface area contributed by atoms with Crippen molar-refractivity contribution in [3.63, 3.8) is 0 Å². The molecule has 6 heteroatoms. The van der Waals surface area contributed by atoms with Gasteiger partial charge in [-0.2, -0.15) is 0 Å².